The summed E-state index contributed by atoms with van der Waals surface area (Å²) in [6.07, 6.45) is -4.77. The Morgan fingerprint density at radius 3 is 2.39 bits per heavy atom. The summed E-state index contributed by atoms with van der Waals surface area (Å²) in [5.41, 5.74) is -1.09. The zero-order valence-electron chi connectivity index (χ0n) is 16.0. The molecule has 1 aromatic heterocycles. The van der Waals surface area contributed by atoms with Crippen molar-refractivity contribution in [2.24, 2.45) is 7.05 Å². The number of hydrogen-bond donors (Lipinski definition) is 1. The molecule has 0 unspecified atom stereocenters. The SMILES string of the molecule is Cc1ccc(Oc2cc(NC(=O)c3c(Br)c(C(F)(F)F)nn3C)cc([N+](=O)[O-])c2)cc1. The molecule has 31 heavy (non-hydrogen) atoms. The van der Waals surface area contributed by atoms with Crippen molar-refractivity contribution in [2.75, 3.05) is 5.32 Å². The van der Waals surface area contributed by atoms with Gasteiger partial charge in [-0.2, -0.15) is 18.3 Å². The minimum atomic E-state index is -4.77. The molecule has 1 heterocycles. The highest BCUT2D eigenvalue weighted by molar-refractivity contribution is 9.10. The smallest absolute Gasteiger partial charge is 0.436 e. The van der Waals surface area contributed by atoms with Gasteiger partial charge in [0.15, 0.2) is 5.69 Å². The Hall–Kier alpha value is -3.41. The first-order chi connectivity index (χ1) is 14.5. The van der Waals surface area contributed by atoms with Gasteiger partial charge in [0.1, 0.15) is 17.2 Å². The van der Waals surface area contributed by atoms with Gasteiger partial charge in [0, 0.05) is 19.2 Å². The fraction of sp³-hybridized carbons (Fsp3) is 0.158. The molecule has 0 aliphatic heterocycles. The van der Waals surface area contributed by atoms with E-state index in [0.717, 1.165) is 22.4 Å². The average Bonchev–Trinajstić information content (AvgIpc) is 2.98. The molecule has 8 nitrogen and oxygen atoms in total. The average molecular weight is 499 g/mol. The van der Waals surface area contributed by atoms with Gasteiger partial charge < -0.3 is 10.1 Å². The second-order valence-corrected chi connectivity index (χ2v) is 7.27. The number of rotatable bonds is 5. The molecular formula is C19H14BrF3N4O4. The van der Waals surface area contributed by atoms with Gasteiger partial charge in [0.2, 0.25) is 0 Å². The summed E-state index contributed by atoms with van der Waals surface area (Å²) < 4.78 is 44.9. The van der Waals surface area contributed by atoms with Crippen molar-refractivity contribution in [2.45, 2.75) is 13.1 Å². The number of carbonyl (C=O) groups is 1. The third-order valence-corrected chi connectivity index (χ3v) is 4.84. The lowest BCUT2D eigenvalue weighted by atomic mass is 10.2. The molecule has 0 saturated heterocycles. The quantitative estimate of drug-likeness (QED) is 0.371. The Balaban J connectivity index is 1.93. The second kappa shape index (κ2) is 8.38. The first kappa shape index (κ1) is 22.3. The van der Waals surface area contributed by atoms with Gasteiger partial charge in [0.05, 0.1) is 21.1 Å². The Bertz CT molecular complexity index is 1160. The highest BCUT2D eigenvalue weighted by Gasteiger charge is 2.39. The van der Waals surface area contributed by atoms with Crippen molar-refractivity contribution in [1.29, 1.82) is 0 Å². The van der Waals surface area contributed by atoms with Crippen molar-refractivity contribution >= 4 is 33.2 Å². The first-order valence-corrected chi connectivity index (χ1v) is 9.40. The molecule has 2 aromatic carbocycles. The molecule has 0 atom stereocenters. The number of nitro groups is 1. The molecule has 12 heteroatoms. The molecule has 0 aliphatic carbocycles. The van der Waals surface area contributed by atoms with Crippen molar-refractivity contribution in [1.82, 2.24) is 9.78 Å². The van der Waals surface area contributed by atoms with E-state index >= 15 is 0 Å². The Morgan fingerprint density at radius 1 is 1.19 bits per heavy atom. The van der Waals surface area contributed by atoms with Crippen LogP contribution in [0.3, 0.4) is 0 Å². The van der Waals surface area contributed by atoms with Crippen LogP contribution in [0.1, 0.15) is 21.7 Å². The number of aryl methyl sites for hydroxylation is 2. The fourth-order valence-electron chi connectivity index (χ4n) is 2.68. The highest BCUT2D eigenvalue weighted by atomic mass is 79.9. The minimum Gasteiger partial charge on any atom is -0.457 e. The first-order valence-electron chi connectivity index (χ1n) is 8.60. The summed E-state index contributed by atoms with van der Waals surface area (Å²) in [6, 6.07) is 10.4. The molecule has 0 bridgehead atoms. The van der Waals surface area contributed by atoms with Gasteiger partial charge in [-0.15, -0.1) is 0 Å². The number of amides is 1. The number of nitrogens with one attached hydrogen (secondary N) is 1. The number of alkyl halides is 3. The lowest BCUT2D eigenvalue weighted by Gasteiger charge is -2.10. The van der Waals surface area contributed by atoms with Gasteiger partial charge in [-0.3, -0.25) is 19.6 Å². The van der Waals surface area contributed by atoms with Crippen LogP contribution < -0.4 is 10.1 Å². The summed E-state index contributed by atoms with van der Waals surface area (Å²) in [5.74, 6) is -0.472. The predicted molar refractivity (Wildman–Crippen MR) is 108 cm³/mol. The second-order valence-electron chi connectivity index (χ2n) is 6.47. The molecule has 1 N–H and O–H groups in total. The van der Waals surface area contributed by atoms with Crippen molar-refractivity contribution < 1.29 is 27.6 Å². The van der Waals surface area contributed by atoms with Crippen LogP contribution in [-0.4, -0.2) is 20.6 Å². The summed E-state index contributed by atoms with van der Waals surface area (Å²) in [4.78, 5) is 23.2. The van der Waals surface area contributed by atoms with Crippen molar-refractivity contribution in [3.05, 3.63) is 74.0 Å². The number of anilines is 1. The topological polar surface area (TPSA) is 99.3 Å². The zero-order chi connectivity index (χ0) is 22.9. The van der Waals surface area contributed by atoms with E-state index in [1.54, 1.807) is 24.3 Å². The van der Waals surface area contributed by atoms with E-state index in [0.29, 0.717) is 5.75 Å². The summed E-state index contributed by atoms with van der Waals surface area (Å²) >= 11 is 2.76. The molecule has 1 amide bonds. The van der Waals surface area contributed by atoms with E-state index in [-0.39, 0.29) is 17.1 Å². The number of non-ortho nitro benzene ring substituents is 1. The van der Waals surface area contributed by atoms with Crippen LogP contribution >= 0.6 is 15.9 Å². The molecule has 0 radical (unpaired) electrons. The summed E-state index contributed by atoms with van der Waals surface area (Å²) in [6.45, 7) is 1.88. The number of nitrogens with zero attached hydrogens (tertiary/aromatic N) is 3. The van der Waals surface area contributed by atoms with Crippen LogP contribution in [0.25, 0.3) is 0 Å². The molecule has 0 aliphatic rings. The lowest BCUT2D eigenvalue weighted by Crippen LogP contribution is -2.16. The Morgan fingerprint density at radius 2 is 1.84 bits per heavy atom. The normalized spacial score (nSPS) is 11.3. The molecule has 3 rings (SSSR count). The third-order valence-electron chi connectivity index (χ3n) is 4.09. The Labute approximate surface area is 181 Å². The van der Waals surface area contributed by atoms with Gasteiger partial charge in [-0.05, 0) is 35.0 Å². The van der Waals surface area contributed by atoms with Crippen molar-refractivity contribution in [3.63, 3.8) is 0 Å². The number of nitro benzene ring substituents is 1. The van der Waals surface area contributed by atoms with Gasteiger partial charge >= 0.3 is 6.18 Å². The van der Waals surface area contributed by atoms with E-state index in [1.807, 2.05) is 6.92 Å². The summed E-state index contributed by atoms with van der Waals surface area (Å²) in [5, 5.41) is 16.9. The third kappa shape index (κ3) is 5.02. The zero-order valence-corrected chi connectivity index (χ0v) is 17.6. The molecule has 0 spiro atoms. The van der Waals surface area contributed by atoms with Crippen LogP contribution in [-0.2, 0) is 13.2 Å². The maximum Gasteiger partial charge on any atom is 0.436 e. The van der Waals surface area contributed by atoms with Crippen LogP contribution in [0.15, 0.2) is 46.9 Å². The number of carbonyl (C=O) groups excluding carboxylic acids is 1. The number of ether oxygens (including phenoxy) is 1. The van der Waals surface area contributed by atoms with Gasteiger partial charge in [-0.1, -0.05) is 17.7 Å². The van der Waals surface area contributed by atoms with Gasteiger partial charge in [0.25, 0.3) is 11.6 Å². The number of halogens is 4. The van der Waals surface area contributed by atoms with E-state index in [9.17, 15) is 28.1 Å². The minimum absolute atomic E-state index is 0.0389. The standard InChI is InChI=1S/C19H14BrF3N4O4/c1-10-3-5-13(6-4-10)31-14-8-11(7-12(9-14)27(29)30)24-18(28)16-15(20)17(19(21,22)23)25-26(16)2/h3-9H,1-2H3,(H,24,28). The molecular weight excluding hydrogens is 485 g/mol. The van der Waals surface area contributed by atoms with Gasteiger partial charge in [-0.25, -0.2) is 0 Å². The number of hydrogen-bond acceptors (Lipinski definition) is 5. The number of benzene rings is 2. The van der Waals surface area contributed by atoms with E-state index in [2.05, 4.69) is 26.3 Å². The van der Waals surface area contributed by atoms with Crippen LogP contribution in [0.4, 0.5) is 24.5 Å². The van der Waals surface area contributed by atoms with E-state index in [4.69, 9.17) is 4.74 Å². The maximum atomic E-state index is 13.0. The predicted octanol–water partition coefficient (Wildman–Crippen LogP) is 5.46. The monoisotopic (exact) mass is 498 g/mol. The molecule has 0 saturated carbocycles. The molecule has 3 aromatic rings. The van der Waals surface area contributed by atoms with Crippen LogP contribution in [0.2, 0.25) is 0 Å². The number of aromatic nitrogens is 2. The summed E-state index contributed by atoms with van der Waals surface area (Å²) in [7, 11) is 1.17. The van der Waals surface area contributed by atoms with E-state index in [1.165, 1.54) is 13.1 Å². The fourth-order valence-corrected chi connectivity index (χ4v) is 3.42. The van der Waals surface area contributed by atoms with E-state index < -0.39 is 32.9 Å². The molecule has 162 valence electrons. The lowest BCUT2D eigenvalue weighted by molar-refractivity contribution is -0.384. The highest BCUT2D eigenvalue weighted by Crippen LogP contribution is 2.36. The van der Waals surface area contributed by atoms with Crippen molar-refractivity contribution in [3.8, 4) is 11.5 Å². The largest absolute Gasteiger partial charge is 0.457 e. The van der Waals surface area contributed by atoms with Crippen LogP contribution in [0.5, 0.6) is 11.5 Å². The van der Waals surface area contributed by atoms with Crippen LogP contribution in [0, 0.1) is 17.0 Å². The molecule has 0 fully saturated rings. The maximum absolute atomic E-state index is 13.0. The Kier molecular flexibility index (Phi) is 6.02.